The number of sulfonamides is 1. The van der Waals surface area contributed by atoms with Gasteiger partial charge in [-0.15, -0.1) is 0 Å². The smallest absolute Gasteiger partial charge is 0.254 e. The summed E-state index contributed by atoms with van der Waals surface area (Å²) < 4.78 is 40.5. The molecule has 2 rings (SSSR count). The molecule has 2 amide bonds. The highest BCUT2D eigenvalue weighted by atomic mass is 32.2. The first-order chi connectivity index (χ1) is 13.8. The Labute approximate surface area is 172 Å². The molecular formula is C20H30FN3O4S. The van der Waals surface area contributed by atoms with Gasteiger partial charge < -0.3 is 10.6 Å². The number of benzene rings is 1. The van der Waals surface area contributed by atoms with Crippen LogP contribution in [0.2, 0.25) is 0 Å². The second-order valence-electron chi connectivity index (χ2n) is 7.14. The Balaban J connectivity index is 1.97. The Hall–Kier alpha value is -2.00. The molecule has 0 spiro atoms. The lowest BCUT2D eigenvalue weighted by atomic mass is 9.95. The first kappa shape index (κ1) is 23.3. The van der Waals surface area contributed by atoms with Crippen molar-refractivity contribution in [3.8, 4) is 0 Å². The minimum atomic E-state index is -3.80. The molecule has 0 unspecified atom stereocenters. The van der Waals surface area contributed by atoms with Crippen LogP contribution in [0.3, 0.4) is 0 Å². The average molecular weight is 428 g/mol. The van der Waals surface area contributed by atoms with Gasteiger partial charge in [0, 0.05) is 32.1 Å². The van der Waals surface area contributed by atoms with Gasteiger partial charge in [0.05, 0.1) is 10.5 Å². The van der Waals surface area contributed by atoms with Crippen molar-refractivity contribution in [1.82, 2.24) is 14.9 Å². The summed E-state index contributed by atoms with van der Waals surface area (Å²) in [5.74, 6) is -1.72. The van der Waals surface area contributed by atoms with Crippen LogP contribution >= 0.6 is 0 Å². The fourth-order valence-electron chi connectivity index (χ4n) is 3.48. The van der Waals surface area contributed by atoms with E-state index in [0.29, 0.717) is 0 Å². The molecule has 0 atom stereocenters. The molecule has 162 valence electrons. The molecule has 2 N–H and O–H groups in total. The largest absolute Gasteiger partial charge is 0.353 e. The molecule has 0 bridgehead atoms. The lowest BCUT2D eigenvalue weighted by molar-refractivity contribution is -0.121. The van der Waals surface area contributed by atoms with E-state index in [1.807, 2.05) is 0 Å². The van der Waals surface area contributed by atoms with Gasteiger partial charge in [0.25, 0.3) is 5.91 Å². The number of halogens is 1. The molecule has 1 aliphatic carbocycles. The number of nitrogens with zero attached hydrogens (tertiary/aromatic N) is 1. The van der Waals surface area contributed by atoms with Crippen molar-refractivity contribution in [2.24, 2.45) is 0 Å². The maximum Gasteiger partial charge on any atom is 0.254 e. The summed E-state index contributed by atoms with van der Waals surface area (Å²) >= 11 is 0. The molecule has 7 nitrogen and oxygen atoms in total. The van der Waals surface area contributed by atoms with E-state index >= 15 is 0 Å². The van der Waals surface area contributed by atoms with Gasteiger partial charge in [0.1, 0.15) is 5.82 Å². The van der Waals surface area contributed by atoms with E-state index in [1.165, 1.54) is 10.7 Å². The van der Waals surface area contributed by atoms with Gasteiger partial charge in [-0.25, -0.2) is 12.8 Å². The predicted octanol–water partition coefficient (Wildman–Crippen LogP) is 2.42. The Kier molecular flexibility index (Phi) is 8.58. The van der Waals surface area contributed by atoms with E-state index in [0.717, 1.165) is 43.9 Å². The van der Waals surface area contributed by atoms with Gasteiger partial charge >= 0.3 is 0 Å². The number of rotatable bonds is 9. The highest BCUT2D eigenvalue weighted by Gasteiger charge is 2.24. The van der Waals surface area contributed by atoms with E-state index in [4.69, 9.17) is 0 Å². The standard InChI is InChI=1S/C20H30FN3O4S/c1-3-24(4-2)29(27,28)16-10-11-18(21)17(14-16)20(26)22-13-12-19(25)23-15-8-6-5-7-9-15/h10-11,14-15H,3-9,12-13H2,1-2H3,(H,22,26)(H,23,25). The summed E-state index contributed by atoms with van der Waals surface area (Å²) in [4.78, 5) is 24.2. The Morgan fingerprint density at radius 3 is 2.41 bits per heavy atom. The molecule has 0 heterocycles. The lowest BCUT2D eigenvalue weighted by Gasteiger charge is -2.22. The minimum Gasteiger partial charge on any atom is -0.353 e. The quantitative estimate of drug-likeness (QED) is 0.633. The molecule has 0 saturated heterocycles. The van der Waals surface area contributed by atoms with E-state index < -0.39 is 21.7 Å². The molecule has 0 aliphatic heterocycles. The minimum absolute atomic E-state index is 0.0455. The molecular weight excluding hydrogens is 397 g/mol. The van der Waals surface area contributed by atoms with Crippen LogP contribution in [0, 0.1) is 5.82 Å². The van der Waals surface area contributed by atoms with Crippen LogP contribution in [0.15, 0.2) is 23.1 Å². The zero-order valence-electron chi connectivity index (χ0n) is 17.0. The lowest BCUT2D eigenvalue weighted by Crippen LogP contribution is -2.38. The fourth-order valence-corrected chi connectivity index (χ4v) is 4.97. The van der Waals surface area contributed by atoms with Gasteiger partial charge in [0.15, 0.2) is 0 Å². The van der Waals surface area contributed by atoms with Crippen LogP contribution < -0.4 is 10.6 Å². The van der Waals surface area contributed by atoms with Gasteiger partial charge in [-0.2, -0.15) is 4.31 Å². The molecule has 0 radical (unpaired) electrons. The maximum atomic E-state index is 14.1. The number of hydrogen-bond donors (Lipinski definition) is 2. The van der Waals surface area contributed by atoms with Crippen molar-refractivity contribution < 1.29 is 22.4 Å². The van der Waals surface area contributed by atoms with Crippen LogP contribution in [-0.2, 0) is 14.8 Å². The summed E-state index contributed by atoms with van der Waals surface area (Å²) in [7, 11) is -3.80. The van der Waals surface area contributed by atoms with E-state index in [1.54, 1.807) is 13.8 Å². The van der Waals surface area contributed by atoms with Crippen molar-refractivity contribution in [3.05, 3.63) is 29.6 Å². The normalized spacial score (nSPS) is 15.3. The third kappa shape index (κ3) is 6.24. The average Bonchev–Trinajstić information content (AvgIpc) is 2.69. The third-order valence-electron chi connectivity index (χ3n) is 5.13. The summed E-state index contributed by atoms with van der Waals surface area (Å²) in [6.45, 7) is 4.00. The zero-order chi connectivity index (χ0) is 21.4. The maximum absolute atomic E-state index is 14.1. The van der Waals surface area contributed by atoms with Gasteiger partial charge in [-0.1, -0.05) is 33.1 Å². The van der Waals surface area contributed by atoms with Crippen molar-refractivity contribution in [2.75, 3.05) is 19.6 Å². The van der Waals surface area contributed by atoms with Gasteiger partial charge in [0.2, 0.25) is 15.9 Å². The number of nitrogens with one attached hydrogen (secondary N) is 2. The van der Waals surface area contributed by atoms with Crippen molar-refractivity contribution in [2.45, 2.75) is 63.3 Å². The number of carbonyl (C=O) groups excluding carboxylic acids is 2. The second kappa shape index (κ2) is 10.7. The summed E-state index contributed by atoms with van der Waals surface area (Å²) in [5.41, 5.74) is -0.356. The monoisotopic (exact) mass is 427 g/mol. The first-order valence-electron chi connectivity index (χ1n) is 10.2. The predicted molar refractivity (Wildman–Crippen MR) is 108 cm³/mol. The van der Waals surface area contributed by atoms with Crippen LogP contribution in [0.25, 0.3) is 0 Å². The highest BCUT2D eigenvalue weighted by molar-refractivity contribution is 7.89. The van der Waals surface area contributed by atoms with E-state index in [2.05, 4.69) is 10.6 Å². The molecule has 1 aromatic rings. The molecule has 9 heteroatoms. The molecule has 1 aromatic carbocycles. The summed E-state index contributed by atoms with van der Waals surface area (Å²) in [6.07, 6.45) is 5.42. The van der Waals surface area contributed by atoms with Crippen molar-refractivity contribution >= 4 is 21.8 Å². The number of hydrogen-bond acceptors (Lipinski definition) is 4. The fraction of sp³-hybridized carbons (Fsp3) is 0.600. The molecule has 29 heavy (non-hydrogen) atoms. The molecule has 1 saturated carbocycles. The van der Waals surface area contributed by atoms with Gasteiger partial charge in [-0.3, -0.25) is 9.59 Å². The molecule has 0 aromatic heterocycles. The van der Waals surface area contributed by atoms with Crippen LogP contribution in [-0.4, -0.2) is 50.2 Å². The second-order valence-corrected chi connectivity index (χ2v) is 9.08. The number of carbonyl (C=O) groups is 2. The third-order valence-corrected chi connectivity index (χ3v) is 7.18. The molecule has 1 fully saturated rings. The van der Waals surface area contributed by atoms with Crippen LogP contribution in [0.5, 0.6) is 0 Å². The Morgan fingerprint density at radius 1 is 1.14 bits per heavy atom. The molecule has 1 aliphatic rings. The van der Waals surface area contributed by atoms with Crippen LogP contribution in [0.4, 0.5) is 4.39 Å². The SMILES string of the molecule is CCN(CC)S(=O)(=O)c1ccc(F)c(C(=O)NCCC(=O)NC2CCCCC2)c1. The highest BCUT2D eigenvalue weighted by Crippen LogP contribution is 2.19. The van der Waals surface area contributed by atoms with Gasteiger partial charge in [-0.05, 0) is 31.0 Å². The topological polar surface area (TPSA) is 95.6 Å². The van der Waals surface area contributed by atoms with Crippen LogP contribution in [0.1, 0.15) is 62.7 Å². The first-order valence-corrected chi connectivity index (χ1v) is 11.6. The van der Waals surface area contributed by atoms with Crippen molar-refractivity contribution in [1.29, 1.82) is 0 Å². The summed E-state index contributed by atoms with van der Waals surface area (Å²) in [5, 5.41) is 5.44. The van der Waals surface area contributed by atoms with Crippen molar-refractivity contribution in [3.63, 3.8) is 0 Å². The Bertz CT molecular complexity index is 819. The van der Waals surface area contributed by atoms with E-state index in [9.17, 15) is 22.4 Å². The number of amides is 2. The zero-order valence-corrected chi connectivity index (χ0v) is 17.9. The Morgan fingerprint density at radius 2 is 1.79 bits per heavy atom. The van der Waals surface area contributed by atoms with E-state index in [-0.39, 0.29) is 48.5 Å². The summed E-state index contributed by atoms with van der Waals surface area (Å²) in [6, 6.07) is 3.35.